The molecule has 0 bridgehead atoms. The molecule has 0 amide bonds. The summed E-state index contributed by atoms with van der Waals surface area (Å²) in [6.45, 7) is 8.05. The van der Waals surface area contributed by atoms with Crippen LogP contribution in [0.2, 0.25) is 0 Å². The minimum Gasteiger partial charge on any atom is -0.381 e. The molecule has 0 spiro atoms. The minimum atomic E-state index is 0.143. The van der Waals surface area contributed by atoms with E-state index in [-0.39, 0.29) is 11.0 Å². The summed E-state index contributed by atoms with van der Waals surface area (Å²) in [6, 6.07) is 0.432. The number of aliphatic imine (C=N–C) groups is 1. The molecule has 6 heteroatoms. The molecule has 6 nitrogen and oxygen atoms in total. The van der Waals surface area contributed by atoms with Gasteiger partial charge in [-0.1, -0.05) is 13.8 Å². The molecule has 2 saturated heterocycles. The average molecular weight is 338 g/mol. The van der Waals surface area contributed by atoms with E-state index in [0.717, 1.165) is 51.6 Å². The Kier molecular flexibility index (Phi) is 5.09. The summed E-state index contributed by atoms with van der Waals surface area (Å²) in [5.74, 6) is 1.52. The molecule has 2 aliphatic heterocycles. The fourth-order valence-corrected chi connectivity index (χ4v) is 4.74. The van der Waals surface area contributed by atoms with Crippen molar-refractivity contribution in [3.63, 3.8) is 0 Å². The van der Waals surface area contributed by atoms with Gasteiger partial charge in [0.15, 0.2) is 5.96 Å². The maximum atomic E-state index is 5.89. The van der Waals surface area contributed by atoms with Crippen LogP contribution in [0.5, 0.6) is 0 Å². The van der Waals surface area contributed by atoms with Crippen molar-refractivity contribution < 1.29 is 9.47 Å². The second-order valence-corrected chi connectivity index (χ2v) is 8.34. The Labute approximate surface area is 146 Å². The van der Waals surface area contributed by atoms with Crippen LogP contribution in [0, 0.1) is 11.3 Å². The molecule has 3 atom stereocenters. The van der Waals surface area contributed by atoms with Gasteiger partial charge in [0.25, 0.3) is 0 Å². The van der Waals surface area contributed by atoms with E-state index in [1.54, 1.807) is 0 Å². The van der Waals surface area contributed by atoms with Crippen LogP contribution in [0.25, 0.3) is 0 Å². The molecule has 3 aliphatic rings. The van der Waals surface area contributed by atoms with Crippen LogP contribution in [0.3, 0.4) is 0 Å². The van der Waals surface area contributed by atoms with Gasteiger partial charge in [-0.05, 0) is 33.4 Å². The van der Waals surface area contributed by atoms with Crippen LogP contribution in [-0.4, -0.2) is 76.1 Å². The fourth-order valence-electron chi connectivity index (χ4n) is 4.74. The van der Waals surface area contributed by atoms with Gasteiger partial charge in [-0.2, -0.15) is 0 Å². The van der Waals surface area contributed by atoms with Gasteiger partial charge in [0.2, 0.25) is 0 Å². The zero-order valence-corrected chi connectivity index (χ0v) is 15.9. The molecular formula is C18H34N4O2. The van der Waals surface area contributed by atoms with Gasteiger partial charge in [-0.3, -0.25) is 4.99 Å². The molecule has 0 aromatic carbocycles. The number of rotatable bonds is 4. The molecule has 138 valence electrons. The van der Waals surface area contributed by atoms with Crippen LogP contribution in [0.15, 0.2) is 4.99 Å². The molecule has 0 aromatic rings. The Morgan fingerprint density at radius 3 is 2.54 bits per heavy atom. The second-order valence-electron chi connectivity index (χ2n) is 8.34. The Morgan fingerprint density at radius 2 is 1.92 bits per heavy atom. The van der Waals surface area contributed by atoms with E-state index in [1.807, 2.05) is 7.05 Å². The zero-order valence-electron chi connectivity index (χ0n) is 15.9. The Hall–Kier alpha value is -0.850. The van der Waals surface area contributed by atoms with Crippen LogP contribution in [0.4, 0.5) is 0 Å². The van der Waals surface area contributed by atoms with E-state index >= 15 is 0 Å². The monoisotopic (exact) mass is 338 g/mol. The topological polar surface area (TPSA) is 58.1 Å². The number of ether oxygens (including phenoxy) is 2. The molecule has 24 heavy (non-hydrogen) atoms. The van der Waals surface area contributed by atoms with E-state index in [0.29, 0.717) is 18.1 Å². The summed E-state index contributed by atoms with van der Waals surface area (Å²) in [7, 11) is 6.19. The average Bonchev–Trinajstić information content (AvgIpc) is 3.02. The lowest BCUT2D eigenvalue weighted by molar-refractivity contribution is -0.106. The predicted octanol–water partition coefficient (Wildman–Crippen LogP) is 1.08. The molecule has 1 aliphatic carbocycles. The highest BCUT2D eigenvalue weighted by atomic mass is 16.5. The summed E-state index contributed by atoms with van der Waals surface area (Å²) in [5.41, 5.74) is 0.306. The number of fused-ring (bicyclic) bond motifs is 1. The van der Waals surface area contributed by atoms with Gasteiger partial charge in [-0.15, -0.1) is 0 Å². The quantitative estimate of drug-likeness (QED) is 0.593. The van der Waals surface area contributed by atoms with Crippen molar-refractivity contribution in [3.05, 3.63) is 0 Å². The third kappa shape index (κ3) is 3.04. The number of guanidine groups is 1. The first-order chi connectivity index (χ1) is 11.4. The molecule has 3 fully saturated rings. The van der Waals surface area contributed by atoms with Crippen LogP contribution in [0.1, 0.15) is 33.1 Å². The summed E-state index contributed by atoms with van der Waals surface area (Å²) in [4.78, 5) is 6.81. The summed E-state index contributed by atoms with van der Waals surface area (Å²) >= 11 is 0. The Balaban J connectivity index is 1.59. The highest BCUT2D eigenvalue weighted by Crippen LogP contribution is 2.52. The fraction of sp³-hybridized carbons (Fsp3) is 0.944. The molecule has 3 rings (SSSR count). The number of nitrogens with zero attached hydrogens (tertiary/aromatic N) is 2. The summed E-state index contributed by atoms with van der Waals surface area (Å²) in [6.07, 6.45) is 3.66. The summed E-state index contributed by atoms with van der Waals surface area (Å²) in [5, 5.41) is 7.25. The van der Waals surface area contributed by atoms with Crippen molar-refractivity contribution in [3.8, 4) is 0 Å². The van der Waals surface area contributed by atoms with Crippen LogP contribution in [-0.2, 0) is 9.47 Å². The molecule has 2 heterocycles. The van der Waals surface area contributed by atoms with Crippen LogP contribution >= 0.6 is 0 Å². The minimum absolute atomic E-state index is 0.143. The van der Waals surface area contributed by atoms with Crippen molar-refractivity contribution in [2.45, 2.75) is 50.8 Å². The third-order valence-electron chi connectivity index (χ3n) is 6.57. The molecule has 0 radical (unpaired) electrons. The van der Waals surface area contributed by atoms with Gasteiger partial charge in [0.05, 0.1) is 6.10 Å². The standard InChI is InChI=1S/C18H34N4O2/c1-17(2)14(13-6-9-24-15(13)17)21-16(19-3)20-12-18(22(4)5)7-10-23-11-8-18/h13-15H,6-12H2,1-5H3,(H2,19,20,21). The lowest BCUT2D eigenvalue weighted by Gasteiger charge is -2.55. The van der Waals surface area contributed by atoms with Crippen molar-refractivity contribution in [2.24, 2.45) is 16.3 Å². The molecule has 1 saturated carbocycles. The van der Waals surface area contributed by atoms with E-state index in [4.69, 9.17) is 9.47 Å². The first kappa shape index (κ1) is 18.0. The van der Waals surface area contributed by atoms with Crippen molar-refractivity contribution >= 4 is 5.96 Å². The smallest absolute Gasteiger partial charge is 0.191 e. The normalized spacial score (nSPS) is 34.6. The van der Waals surface area contributed by atoms with Crippen molar-refractivity contribution in [1.82, 2.24) is 15.5 Å². The predicted molar refractivity (Wildman–Crippen MR) is 96.4 cm³/mol. The van der Waals surface area contributed by atoms with Gasteiger partial charge >= 0.3 is 0 Å². The number of hydrogen-bond acceptors (Lipinski definition) is 4. The Morgan fingerprint density at radius 1 is 1.21 bits per heavy atom. The number of hydrogen-bond donors (Lipinski definition) is 2. The number of nitrogens with one attached hydrogen (secondary N) is 2. The van der Waals surface area contributed by atoms with Crippen molar-refractivity contribution in [2.75, 3.05) is 47.5 Å². The molecular weight excluding hydrogens is 304 g/mol. The lowest BCUT2D eigenvalue weighted by atomic mass is 9.57. The Bertz CT molecular complexity index is 472. The molecule has 0 aromatic heterocycles. The third-order valence-corrected chi connectivity index (χ3v) is 6.57. The van der Waals surface area contributed by atoms with Gasteiger partial charge in [0.1, 0.15) is 0 Å². The highest BCUT2D eigenvalue weighted by Gasteiger charge is 2.59. The molecule has 2 N–H and O–H groups in total. The van der Waals surface area contributed by atoms with Gasteiger partial charge in [0, 0.05) is 56.3 Å². The lowest BCUT2D eigenvalue weighted by Crippen LogP contribution is -2.68. The maximum absolute atomic E-state index is 5.89. The highest BCUT2D eigenvalue weighted by molar-refractivity contribution is 5.80. The largest absolute Gasteiger partial charge is 0.381 e. The van der Waals surface area contributed by atoms with Gasteiger partial charge < -0.3 is 25.0 Å². The first-order valence-electron chi connectivity index (χ1n) is 9.25. The molecule has 3 unspecified atom stereocenters. The van der Waals surface area contributed by atoms with Crippen LogP contribution < -0.4 is 10.6 Å². The first-order valence-corrected chi connectivity index (χ1v) is 9.25. The van der Waals surface area contributed by atoms with Crippen molar-refractivity contribution in [1.29, 1.82) is 0 Å². The van der Waals surface area contributed by atoms with E-state index in [1.165, 1.54) is 0 Å². The second kappa shape index (κ2) is 6.81. The maximum Gasteiger partial charge on any atom is 0.191 e. The zero-order chi connectivity index (χ0) is 17.4. The van der Waals surface area contributed by atoms with Gasteiger partial charge in [-0.25, -0.2) is 0 Å². The van der Waals surface area contributed by atoms with E-state index in [9.17, 15) is 0 Å². The van der Waals surface area contributed by atoms with E-state index in [2.05, 4.69) is 48.5 Å². The van der Waals surface area contributed by atoms with E-state index < -0.39 is 0 Å². The summed E-state index contributed by atoms with van der Waals surface area (Å²) < 4.78 is 11.5. The number of likely N-dealkylation sites (N-methyl/N-ethyl adjacent to an activating group) is 1. The SMILES string of the molecule is CN=C(NCC1(N(C)C)CCOCC1)NC1C2CCOC2C1(C)C.